The van der Waals surface area contributed by atoms with Crippen molar-refractivity contribution in [3.8, 4) is 0 Å². The largest absolute Gasteiger partial charge is 0.350 e. The number of hydrogen-bond acceptors (Lipinski definition) is 2. The molecule has 0 rings (SSSR count). The van der Waals surface area contributed by atoms with Crippen molar-refractivity contribution in [1.82, 2.24) is 5.47 Å². The number of hydroxylamine groups is 1. The molecule has 0 spiro atoms. The van der Waals surface area contributed by atoms with Crippen LogP contribution < -0.4 is 11.2 Å². The summed E-state index contributed by atoms with van der Waals surface area (Å²) in [5, 5.41) is 7.66. The van der Waals surface area contributed by atoms with E-state index in [-0.39, 0.29) is 0 Å². The van der Waals surface area contributed by atoms with Gasteiger partial charge < -0.3 is 5.73 Å². The molecule has 0 aliphatic heterocycles. The number of nitrogens with two attached hydrogens (primary N) is 1. The molecule has 0 unspecified atom stereocenters. The van der Waals surface area contributed by atoms with Crippen molar-refractivity contribution in [3.63, 3.8) is 0 Å². The number of carbonyl (C=O) groups is 1. The van der Waals surface area contributed by atoms with Crippen LogP contribution in [0.2, 0.25) is 1.41 Å². The molecule has 0 saturated heterocycles. The highest BCUT2D eigenvalue weighted by molar-refractivity contribution is 5.69. The lowest BCUT2D eigenvalue weighted by molar-refractivity contribution is 0.169. The van der Waals surface area contributed by atoms with E-state index in [1.54, 1.807) is 0 Å². The molecule has 0 aliphatic carbocycles. The molecule has 4 heteroatoms. The van der Waals surface area contributed by atoms with E-state index in [9.17, 15) is 4.79 Å². The monoisotopic (exact) mass is 77.0 g/mol. The van der Waals surface area contributed by atoms with E-state index in [0.29, 0.717) is 0 Å². The Balaban J connectivity index is 3.26. The summed E-state index contributed by atoms with van der Waals surface area (Å²) >= 11 is 0. The van der Waals surface area contributed by atoms with Crippen LogP contribution in [0, 0.1) is 0 Å². The van der Waals surface area contributed by atoms with E-state index in [2.05, 4.69) is 5.73 Å². The van der Waals surface area contributed by atoms with Gasteiger partial charge >= 0.3 is 6.03 Å². The van der Waals surface area contributed by atoms with Crippen LogP contribution in [0.5, 0.6) is 0 Å². The highest BCUT2D eigenvalue weighted by atomic mass is 16.5. The van der Waals surface area contributed by atoms with E-state index in [4.69, 9.17) is 6.62 Å². The summed E-state index contributed by atoms with van der Waals surface area (Å²) in [6, 6.07) is -1.19. The van der Waals surface area contributed by atoms with E-state index in [1.807, 2.05) is 0 Å². The summed E-state index contributed by atoms with van der Waals surface area (Å²) in [4.78, 5) is 9.41. The molecule has 4 N–H and O–H groups in total. The molecule has 0 bridgehead atoms. The topological polar surface area (TPSA) is 75.3 Å². The van der Waals surface area contributed by atoms with Gasteiger partial charge in [0.1, 0.15) is 0 Å². The average molecular weight is 77.1 g/mol. The fourth-order valence-corrected chi connectivity index (χ4v) is 0. The van der Waals surface area contributed by atoms with Gasteiger partial charge in [-0.1, -0.05) is 0 Å². The maximum absolute atomic E-state index is 9.41. The molecule has 0 aromatic carbocycles. The van der Waals surface area contributed by atoms with Crippen molar-refractivity contribution in [3.05, 3.63) is 0 Å². The molecule has 2 amide bonds. The van der Waals surface area contributed by atoms with Crippen LogP contribution >= 0.6 is 0 Å². The van der Waals surface area contributed by atoms with Crippen LogP contribution in [-0.2, 0) is 0 Å². The van der Waals surface area contributed by atoms with Crippen molar-refractivity contribution >= 4 is 6.03 Å². The first kappa shape index (κ1) is 2.47. The second kappa shape index (κ2) is 1.54. The molecular formula is CH4N2O2. The predicted octanol–water partition coefficient (Wildman–Crippen LogP) is -0.956. The molecule has 0 saturated carbocycles. The number of amides is 2. The highest BCUT2D eigenvalue weighted by Crippen LogP contribution is 1.38. The highest BCUT2D eigenvalue weighted by Gasteiger charge is 1.75. The summed E-state index contributed by atoms with van der Waals surface area (Å²) < 4.78 is 5.95. The SMILES string of the molecule is [2H]N(O)C(N)=O. The van der Waals surface area contributed by atoms with Crippen molar-refractivity contribution in [2.75, 3.05) is 0 Å². The fraction of sp³-hybridized carbons (Fsp3) is 0. The van der Waals surface area contributed by atoms with Gasteiger partial charge in [0.2, 0.25) is 1.41 Å². The lowest BCUT2D eigenvalue weighted by Gasteiger charge is -1.79. The normalized spacial score (nSPS) is 9.40. The minimum atomic E-state index is -1.19. The van der Waals surface area contributed by atoms with Crippen LogP contribution in [0.25, 0.3) is 0 Å². The Kier molecular flexibility index (Phi) is 0.759. The van der Waals surface area contributed by atoms with Crippen LogP contribution in [0.1, 0.15) is 0 Å². The van der Waals surface area contributed by atoms with E-state index in [1.165, 1.54) is 0 Å². The van der Waals surface area contributed by atoms with Gasteiger partial charge in [0.25, 0.3) is 0 Å². The maximum atomic E-state index is 9.41. The Morgan fingerprint density at radius 1 is 2.40 bits per heavy atom. The first-order valence-corrected chi connectivity index (χ1v) is 0.916. The second-order valence-corrected chi connectivity index (χ2v) is 0.438. The number of carbonyl (C=O) groups excluding carboxylic acids is 1. The van der Waals surface area contributed by atoms with Crippen molar-refractivity contribution in [2.45, 2.75) is 0 Å². The molecule has 5 heavy (non-hydrogen) atoms. The van der Waals surface area contributed by atoms with Crippen LogP contribution in [0.3, 0.4) is 0 Å². The third-order valence-corrected chi connectivity index (χ3v) is 0.0986. The minimum Gasteiger partial charge on any atom is -0.350 e. The molecule has 4 nitrogen and oxygen atoms in total. The summed E-state index contributed by atoms with van der Waals surface area (Å²) in [5.74, 6) is 0. The zero-order chi connectivity index (χ0) is 5.15. The Bertz CT molecular complexity index is 62.6. The summed E-state index contributed by atoms with van der Waals surface area (Å²) in [5.41, 5.74) is 3.84. The quantitative estimate of drug-likeness (QED) is 0.257. The molecule has 0 aliphatic rings. The van der Waals surface area contributed by atoms with Gasteiger partial charge in [0, 0.05) is 0 Å². The van der Waals surface area contributed by atoms with Gasteiger partial charge in [-0.05, 0) is 0 Å². The minimum absolute atomic E-state index is 0.444. The Morgan fingerprint density at radius 3 is 2.60 bits per heavy atom. The first-order chi connectivity index (χ1) is 2.64. The second-order valence-electron chi connectivity index (χ2n) is 0.438. The van der Waals surface area contributed by atoms with Crippen LogP contribution in [0.15, 0.2) is 0 Å². The summed E-state index contributed by atoms with van der Waals surface area (Å²) in [7, 11) is 0. The van der Waals surface area contributed by atoms with E-state index in [0.717, 1.165) is 0 Å². The van der Waals surface area contributed by atoms with Crippen molar-refractivity contribution in [1.29, 1.82) is 0 Å². The lowest BCUT2D eigenvalue weighted by atomic mass is 11.2. The molecule has 0 fully saturated rings. The Hall–Kier alpha value is -0.770. The zero-order valence-electron chi connectivity index (χ0n) is 3.38. The number of nitrogens with one attached hydrogen (secondary N) is 1. The molecule has 0 aromatic rings. The van der Waals surface area contributed by atoms with Gasteiger partial charge in [-0.15, -0.1) is 0 Å². The summed E-state index contributed by atoms with van der Waals surface area (Å²) in [6.45, 7) is 0. The maximum Gasteiger partial charge on any atom is 0.335 e. The van der Waals surface area contributed by atoms with Crippen LogP contribution in [0.4, 0.5) is 4.79 Å². The third kappa shape index (κ3) is 3.23. The zero-order valence-corrected chi connectivity index (χ0v) is 2.38. The lowest BCUT2D eigenvalue weighted by Crippen LogP contribution is -2.25. The Labute approximate surface area is 30.0 Å². The predicted molar refractivity (Wildman–Crippen MR) is 14.5 cm³/mol. The number of hydrogen-bond donors (Lipinski definition) is 3. The first-order valence-electron chi connectivity index (χ1n) is 1.36. The molecule has 0 aromatic heterocycles. The summed E-state index contributed by atoms with van der Waals surface area (Å²) in [6.07, 6.45) is 0. The smallest absolute Gasteiger partial charge is 0.335 e. The molecule has 30 valence electrons. The molecular weight excluding hydrogens is 72.0 g/mol. The molecule has 0 heterocycles. The molecule has 0 atom stereocenters. The standard InChI is InChI=1S/CH4N2O2/c2-1(4)3-5/h5H,(H3,2,3,4)/i/hD. The van der Waals surface area contributed by atoms with Gasteiger partial charge in [-0.2, -0.15) is 0 Å². The number of rotatable bonds is 0. The Morgan fingerprint density at radius 2 is 2.60 bits per heavy atom. The van der Waals surface area contributed by atoms with Crippen molar-refractivity contribution in [2.24, 2.45) is 5.73 Å². The third-order valence-electron chi connectivity index (χ3n) is 0.0986. The molecule has 0 radical (unpaired) electrons. The van der Waals surface area contributed by atoms with Gasteiger partial charge in [0.05, 0.1) is 0 Å². The van der Waals surface area contributed by atoms with Crippen LogP contribution in [-0.4, -0.2) is 11.2 Å². The van der Waals surface area contributed by atoms with Gasteiger partial charge in [-0.3, -0.25) is 5.21 Å². The number of primary amides is 1. The average Bonchev–Trinajstić information content (AvgIpc) is 1.36. The van der Waals surface area contributed by atoms with Gasteiger partial charge in [-0.25, -0.2) is 10.3 Å². The van der Waals surface area contributed by atoms with Gasteiger partial charge in [0.15, 0.2) is 0 Å². The number of urea groups is 1. The fourth-order valence-electron chi connectivity index (χ4n) is 0. The van der Waals surface area contributed by atoms with E-state index >= 15 is 0 Å². The van der Waals surface area contributed by atoms with E-state index < -0.39 is 11.5 Å². The van der Waals surface area contributed by atoms with Crippen molar-refractivity contribution < 1.29 is 11.4 Å².